The Morgan fingerprint density at radius 2 is 1.77 bits per heavy atom. The molecular weight excluding hydrogens is 411 g/mol. The molecule has 3 aromatic carbocycles. The highest BCUT2D eigenvalue weighted by Crippen LogP contribution is 2.28. The minimum absolute atomic E-state index is 0.187. The summed E-state index contributed by atoms with van der Waals surface area (Å²) < 4.78 is 23.6. The van der Waals surface area contributed by atoms with Crippen molar-refractivity contribution in [1.29, 1.82) is 0 Å². The molecule has 152 valence electrons. The normalized spacial score (nSPS) is 10.6. The van der Waals surface area contributed by atoms with Gasteiger partial charge in [0.2, 0.25) is 0 Å². The first-order chi connectivity index (χ1) is 14.5. The summed E-state index contributed by atoms with van der Waals surface area (Å²) in [5, 5.41) is 4.35. The van der Waals surface area contributed by atoms with Gasteiger partial charge in [0.1, 0.15) is 5.82 Å². The van der Waals surface area contributed by atoms with Crippen LogP contribution in [0.2, 0.25) is 5.02 Å². The summed E-state index contributed by atoms with van der Waals surface area (Å²) in [4.78, 5) is 24.3. The van der Waals surface area contributed by atoms with Gasteiger partial charge >= 0.3 is 5.97 Å². The van der Waals surface area contributed by atoms with E-state index in [2.05, 4.69) is 10.5 Å². The molecule has 0 aliphatic heterocycles. The van der Waals surface area contributed by atoms with E-state index in [1.807, 2.05) is 0 Å². The number of hydrazone groups is 1. The number of ether oxygens (including phenoxy) is 2. The van der Waals surface area contributed by atoms with Crippen LogP contribution in [-0.4, -0.2) is 25.2 Å². The number of nitrogens with zero attached hydrogens (tertiary/aromatic N) is 1. The second-order valence-corrected chi connectivity index (χ2v) is 6.45. The van der Waals surface area contributed by atoms with Crippen LogP contribution < -0.4 is 14.9 Å². The summed E-state index contributed by atoms with van der Waals surface area (Å²) in [6.45, 7) is 0. The average Bonchev–Trinajstić information content (AvgIpc) is 2.75. The van der Waals surface area contributed by atoms with Gasteiger partial charge in [0.05, 0.1) is 18.9 Å². The SMILES string of the molecule is COc1cc(/C=N\NC(=O)c2cccc(Cl)c2)ccc1OC(=O)c1ccc(F)cc1. The van der Waals surface area contributed by atoms with Crippen LogP contribution in [-0.2, 0) is 0 Å². The number of amides is 1. The number of halogens is 2. The Hall–Kier alpha value is -3.71. The van der Waals surface area contributed by atoms with Crippen molar-refractivity contribution >= 4 is 29.7 Å². The second kappa shape index (κ2) is 9.67. The zero-order valence-corrected chi connectivity index (χ0v) is 16.5. The van der Waals surface area contributed by atoms with Gasteiger partial charge in [-0.25, -0.2) is 14.6 Å². The molecule has 1 amide bonds. The van der Waals surface area contributed by atoms with Gasteiger partial charge in [-0.05, 0) is 66.2 Å². The van der Waals surface area contributed by atoms with E-state index < -0.39 is 17.7 Å². The van der Waals surface area contributed by atoms with Crippen molar-refractivity contribution in [3.05, 3.63) is 94.3 Å². The first-order valence-corrected chi connectivity index (χ1v) is 9.09. The number of carbonyl (C=O) groups is 2. The second-order valence-electron chi connectivity index (χ2n) is 6.02. The van der Waals surface area contributed by atoms with E-state index in [4.69, 9.17) is 21.1 Å². The Kier molecular flexibility index (Phi) is 6.77. The quantitative estimate of drug-likeness (QED) is 0.273. The van der Waals surface area contributed by atoms with Gasteiger partial charge in [-0.1, -0.05) is 17.7 Å². The maximum atomic E-state index is 13.0. The third-order valence-corrected chi connectivity index (χ3v) is 4.17. The van der Waals surface area contributed by atoms with E-state index >= 15 is 0 Å². The van der Waals surface area contributed by atoms with Crippen molar-refractivity contribution < 1.29 is 23.5 Å². The number of carbonyl (C=O) groups excluding carboxylic acids is 2. The molecule has 3 aromatic rings. The zero-order valence-electron chi connectivity index (χ0n) is 15.8. The van der Waals surface area contributed by atoms with Gasteiger partial charge in [0, 0.05) is 10.6 Å². The molecule has 0 atom stereocenters. The highest BCUT2D eigenvalue weighted by Gasteiger charge is 2.13. The van der Waals surface area contributed by atoms with Gasteiger partial charge in [-0.15, -0.1) is 0 Å². The molecule has 0 aliphatic rings. The van der Waals surface area contributed by atoms with Crippen LogP contribution >= 0.6 is 11.6 Å². The number of hydrogen-bond donors (Lipinski definition) is 1. The maximum Gasteiger partial charge on any atom is 0.343 e. The molecule has 0 saturated carbocycles. The van der Waals surface area contributed by atoms with E-state index in [1.54, 1.807) is 30.3 Å². The fourth-order valence-electron chi connectivity index (χ4n) is 2.45. The Morgan fingerprint density at radius 3 is 2.47 bits per heavy atom. The molecule has 1 N–H and O–H groups in total. The molecule has 0 radical (unpaired) electrons. The summed E-state index contributed by atoms with van der Waals surface area (Å²) in [7, 11) is 1.42. The van der Waals surface area contributed by atoms with Gasteiger partial charge in [0.25, 0.3) is 5.91 Å². The van der Waals surface area contributed by atoms with Gasteiger partial charge in [-0.2, -0.15) is 5.10 Å². The fourth-order valence-corrected chi connectivity index (χ4v) is 2.64. The van der Waals surface area contributed by atoms with Crippen molar-refractivity contribution in [3.8, 4) is 11.5 Å². The van der Waals surface area contributed by atoms with Crippen LogP contribution in [0.25, 0.3) is 0 Å². The molecule has 0 heterocycles. The molecule has 0 aliphatic carbocycles. The van der Waals surface area contributed by atoms with Gasteiger partial charge in [-0.3, -0.25) is 4.79 Å². The minimum atomic E-state index is -0.650. The molecule has 0 spiro atoms. The van der Waals surface area contributed by atoms with Crippen molar-refractivity contribution in [1.82, 2.24) is 5.43 Å². The lowest BCUT2D eigenvalue weighted by Gasteiger charge is -2.10. The van der Waals surface area contributed by atoms with Crippen LogP contribution in [0.15, 0.2) is 71.8 Å². The van der Waals surface area contributed by atoms with E-state index in [0.717, 1.165) is 0 Å². The van der Waals surface area contributed by atoms with Gasteiger partial charge in [0.15, 0.2) is 11.5 Å². The molecule has 0 saturated heterocycles. The smallest absolute Gasteiger partial charge is 0.343 e. The predicted octanol–water partition coefficient (Wildman–Crippen LogP) is 4.47. The van der Waals surface area contributed by atoms with Crippen LogP contribution in [0.1, 0.15) is 26.3 Å². The van der Waals surface area contributed by atoms with Crippen molar-refractivity contribution in [3.63, 3.8) is 0 Å². The summed E-state index contributed by atoms with van der Waals surface area (Å²) in [6, 6.07) is 16.2. The number of rotatable bonds is 6. The summed E-state index contributed by atoms with van der Waals surface area (Å²) in [5.74, 6) is -1.04. The zero-order chi connectivity index (χ0) is 21.5. The van der Waals surface area contributed by atoms with Crippen molar-refractivity contribution in [2.45, 2.75) is 0 Å². The van der Waals surface area contributed by atoms with Crippen LogP contribution in [0.3, 0.4) is 0 Å². The van der Waals surface area contributed by atoms with Gasteiger partial charge < -0.3 is 9.47 Å². The number of nitrogens with one attached hydrogen (secondary N) is 1. The molecule has 8 heteroatoms. The molecule has 6 nitrogen and oxygen atoms in total. The molecule has 30 heavy (non-hydrogen) atoms. The number of hydrogen-bond acceptors (Lipinski definition) is 5. The van der Waals surface area contributed by atoms with Crippen LogP contribution in [0, 0.1) is 5.82 Å². The first kappa shape index (κ1) is 21.0. The standard InChI is InChI=1S/C22H16ClFN2O4/c1-29-20-11-14(13-25-26-21(27)16-3-2-4-17(23)12-16)5-10-19(20)30-22(28)15-6-8-18(24)9-7-15/h2-13H,1H3,(H,26,27)/b25-13-. The highest BCUT2D eigenvalue weighted by molar-refractivity contribution is 6.30. The number of esters is 1. The molecule has 0 unspecified atom stereocenters. The first-order valence-electron chi connectivity index (χ1n) is 8.71. The summed E-state index contributed by atoms with van der Waals surface area (Å²) in [6.07, 6.45) is 1.41. The van der Waals surface area contributed by atoms with Crippen molar-refractivity contribution in [2.75, 3.05) is 7.11 Å². The molecule has 0 bridgehead atoms. The third kappa shape index (κ3) is 5.42. The lowest BCUT2D eigenvalue weighted by Crippen LogP contribution is -2.17. The Morgan fingerprint density at radius 1 is 1.00 bits per heavy atom. The monoisotopic (exact) mass is 426 g/mol. The number of benzene rings is 3. The average molecular weight is 427 g/mol. The highest BCUT2D eigenvalue weighted by atomic mass is 35.5. The Balaban J connectivity index is 1.67. The van der Waals surface area contributed by atoms with Crippen molar-refractivity contribution in [2.24, 2.45) is 5.10 Å². The maximum absolute atomic E-state index is 13.0. The predicted molar refractivity (Wildman–Crippen MR) is 111 cm³/mol. The third-order valence-electron chi connectivity index (χ3n) is 3.94. The Bertz CT molecular complexity index is 1100. The molecular formula is C22H16ClFN2O4. The van der Waals surface area contributed by atoms with E-state index in [9.17, 15) is 14.0 Å². The summed E-state index contributed by atoms with van der Waals surface area (Å²) in [5.41, 5.74) is 3.57. The van der Waals surface area contributed by atoms with E-state index in [-0.39, 0.29) is 17.1 Å². The van der Waals surface area contributed by atoms with E-state index in [1.165, 1.54) is 49.7 Å². The van der Waals surface area contributed by atoms with Crippen LogP contribution in [0.5, 0.6) is 11.5 Å². The number of methoxy groups -OCH3 is 1. The van der Waals surface area contributed by atoms with E-state index in [0.29, 0.717) is 16.1 Å². The summed E-state index contributed by atoms with van der Waals surface area (Å²) >= 11 is 5.86. The lowest BCUT2D eigenvalue weighted by molar-refractivity contribution is 0.0729. The Labute approximate surface area is 176 Å². The minimum Gasteiger partial charge on any atom is -0.493 e. The lowest BCUT2D eigenvalue weighted by atomic mass is 10.2. The topological polar surface area (TPSA) is 77.0 Å². The molecule has 0 aromatic heterocycles. The molecule has 3 rings (SSSR count). The van der Waals surface area contributed by atoms with Crippen LogP contribution in [0.4, 0.5) is 4.39 Å². The fraction of sp³-hybridized carbons (Fsp3) is 0.0455. The largest absolute Gasteiger partial charge is 0.493 e. The molecule has 0 fully saturated rings.